The van der Waals surface area contributed by atoms with Gasteiger partial charge < -0.3 is 5.73 Å². The zero-order valence-electron chi connectivity index (χ0n) is 12.0. The van der Waals surface area contributed by atoms with Crippen LogP contribution in [0.5, 0.6) is 0 Å². The van der Waals surface area contributed by atoms with Crippen LogP contribution < -0.4 is 10.5 Å². The van der Waals surface area contributed by atoms with Crippen molar-refractivity contribution in [2.24, 2.45) is 5.73 Å². The van der Waals surface area contributed by atoms with Crippen molar-refractivity contribution in [3.63, 3.8) is 0 Å². The summed E-state index contributed by atoms with van der Waals surface area (Å²) in [5, 5.41) is 0. The Labute approximate surface area is 130 Å². The Hall–Kier alpha value is -1.21. The maximum atomic E-state index is 12.1. The van der Waals surface area contributed by atoms with Crippen LogP contribution in [-0.4, -0.2) is 15.0 Å². The van der Waals surface area contributed by atoms with E-state index in [1.807, 2.05) is 18.2 Å². The summed E-state index contributed by atoms with van der Waals surface area (Å²) >= 11 is 1.22. The van der Waals surface area contributed by atoms with E-state index in [0.717, 1.165) is 11.3 Å². The first-order chi connectivity index (χ1) is 10.0. The Morgan fingerprint density at radius 2 is 1.90 bits per heavy atom. The van der Waals surface area contributed by atoms with E-state index in [0.29, 0.717) is 23.2 Å². The summed E-state index contributed by atoms with van der Waals surface area (Å²) in [4.78, 5) is 0.869. The molecule has 0 radical (unpaired) electrons. The van der Waals surface area contributed by atoms with Crippen molar-refractivity contribution in [2.75, 3.05) is 6.54 Å². The summed E-state index contributed by atoms with van der Waals surface area (Å²) in [6.07, 6.45) is 0.762. The minimum absolute atomic E-state index is 0.317. The Morgan fingerprint density at radius 1 is 1.19 bits per heavy atom. The fourth-order valence-electron chi connectivity index (χ4n) is 2.04. The van der Waals surface area contributed by atoms with Gasteiger partial charge in [0.15, 0.2) is 0 Å². The Bertz CT molecular complexity index is 666. The van der Waals surface area contributed by atoms with E-state index in [-0.39, 0.29) is 0 Å². The molecule has 4 nitrogen and oxygen atoms in total. The summed E-state index contributed by atoms with van der Waals surface area (Å²) in [6, 6.07) is 13.5. The molecule has 0 amide bonds. The predicted octanol–water partition coefficient (Wildman–Crippen LogP) is 2.68. The van der Waals surface area contributed by atoms with Gasteiger partial charge in [-0.25, -0.2) is 13.1 Å². The summed E-state index contributed by atoms with van der Waals surface area (Å²) in [7, 11) is -3.41. The third-order valence-corrected chi connectivity index (χ3v) is 6.40. The molecule has 1 aromatic heterocycles. The molecule has 0 aliphatic carbocycles. The highest BCUT2D eigenvalue weighted by atomic mass is 32.2. The number of nitrogens with two attached hydrogens (primary N) is 1. The van der Waals surface area contributed by atoms with Crippen LogP contribution in [0.1, 0.15) is 29.7 Å². The van der Waals surface area contributed by atoms with Crippen molar-refractivity contribution >= 4 is 21.4 Å². The number of benzene rings is 1. The molecule has 1 aromatic carbocycles. The molecule has 2 aromatic rings. The van der Waals surface area contributed by atoms with E-state index in [1.54, 1.807) is 12.1 Å². The van der Waals surface area contributed by atoms with Gasteiger partial charge in [-0.2, -0.15) is 0 Å². The topological polar surface area (TPSA) is 72.2 Å². The average molecular weight is 324 g/mol. The van der Waals surface area contributed by atoms with E-state index < -0.39 is 10.0 Å². The second-order valence-electron chi connectivity index (χ2n) is 4.92. The molecule has 21 heavy (non-hydrogen) atoms. The van der Waals surface area contributed by atoms with E-state index in [2.05, 4.69) is 23.8 Å². The largest absolute Gasteiger partial charge is 0.326 e. The van der Waals surface area contributed by atoms with Gasteiger partial charge in [-0.15, -0.1) is 11.3 Å². The molecule has 0 saturated heterocycles. The first-order valence-electron chi connectivity index (χ1n) is 6.86. The molecule has 0 saturated carbocycles. The Balaban J connectivity index is 1.90. The second kappa shape index (κ2) is 7.17. The van der Waals surface area contributed by atoms with Crippen LogP contribution in [0.2, 0.25) is 0 Å². The molecular weight excluding hydrogens is 304 g/mol. The monoisotopic (exact) mass is 324 g/mol. The minimum Gasteiger partial charge on any atom is -0.326 e. The maximum absolute atomic E-state index is 12.1. The van der Waals surface area contributed by atoms with Crippen LogP contribution in [0.4, 0.5) is 0 Å². The molecule has 1 unspecified atom stereocenters. The summed E-state index contributed by atoms with van der Waals surface area (Å²) in [6.45, 7) is 2.89. The van der Waals surface area contributed by atoms with Crippen LogP contribution >= 0.6 is 11.3 Å². The van der Waals surface area contributed by atoms with E-state index in [1.165, 1.54) is 16.9 Å². The van der Waals surface area contributed by atoms with Crippen molar-refractivity contribution in [3.05, 3.63) is 52.9 Å². The summed E-state index contributed by atoms with van der Waals surface area (Å²) < 4.78 is 27.3. The van der Waals surface area contributed by atoms with E-state index >= 15 is 0 Å². The minimum atomic E-state index is -3.41. The second-order valence-corrected chi connectivity index (χ2v) is 8.09. The third kappa shape index (κ3) is 4.38. The van der Waals surface area contributed by atoms with Gasteiger partial charge in [0.25, 0.3) is 0 Å². The molecule has 0 bridgehead atoms. The number of nitrogens with one attached hydrogen (secondary N) is 1. The first-order valence-corrected chi connectivity index (χ1v) is 9.16. The number of hydrogen-bond acceptors (Lipinski definition) is 4. The molecule has 3 N–H and O–H groups in total. The van der Waals surface area contributed by atoms with Gasteiger partial charge in [-0.1, -0.05) is 37.3 Å². The van der Waals surface area contributed by atoms with Gasteiger partial charge in [0.05, 0.1) is 0 Å². The standard InChI is InChI=1S/C15H20N2O2S2/c1-12(13-5-3-2-4-6-13)9-10-17-21(18,19)15-8-7-14(11-16)20-15/h2-8,12,17H,9-11,16H2,1H3. The Morgan fingerprint density at radius 3 is 2.52 bits per heavy atom. The van der Waals surface area contributed by atoms with Gasteiger partial charge in [-0.3, -0.25) is 0 Å². The lowest BCUT2D eigenvalue weighted by atomic mass is 9.98. The van der Waals surface area contributed by atoms with Crippen molar-refractivity contribution in [2.45, 2.75) is 30.0 Å². The van der Waals surface area contributed by atoms with Gasteiger partial charge in [-0.05, 0) is 30.0 Å². The SMILES string of the molecule is CC(CCNS(=O)(=O)c1ccc(CN)s1)c1ccccc1. The maximum Gasteiger partial charge on any atom is 0.250 e. The summed E-state index contributed by atoms with van der Waals surface area (Å²) in [5.41, 5.74) is 6.73. The number of hydrogen-bond donors (Lipinski definition) is 2. The predicted molar refractivity (Wildman–Crippen MR) is 86.9 cm³/mol. The highest BCUT2D eigenvalue weighted by Gasteiger charge is 2.16. The lowest BCUT2D eigenvalue weighted by Crippen LogP contribution is -2.24. The molecular formula is C15H20N2O2S2. The lowest BCUT2D eigenvalue weighted by Gasteiger charge is -2.12. The molecule has 2 rings (SSSR count). The molecule has 1 heterocycles. The van der Waals surface area contributed by atoms with Gasteiger partial charge in [0.1, 0.15) is 4.21 Å². The summed E-state index contributed by atoms with van der Waals surface area (Å²) in [5.74, 6) is 0.317. The highest BCUT2D eigenvalue weighted by molar-refractivity contribution is 7.91. The smallest absolute Gasteiger partial charge is 0.250 e. The number of sulfonamides is 1. The molecule has 6 heteroatoms. The third-order valence-electron chi connectivity index (χ3n) is 3.34. The van der Waals surface area contributed by atoms with Gasteiger partial charge in [0, 0.05) is 18.0 Å². The van der Waals surface area contributed by atoms with Crippen molar-refractivity contribution in [1.29, 1.82) is 0 Å². The molecule has 114 valence electrons. The van der Waals surface area contributed by atoms with Crippen LogP contribution in [-0.2, 0) is 16.6 Å². The van der Waals surface area contributed by atoms with Crippen LogP contribution in [0, 0.1) is 0 Å². The molecule has 1 atom stereocenters. The van der Waals surface area contributed by atoms with E-state index in [9.17, 15) is 8.42 Å². The van der Waals surface area contributed by atoms with Crippen LogP contribution in [0.25, 0.3) is 0 Å². The number of rotatable bonds is 7. The van der Waals surface area contributed by atoms with Crippen LogP contribution in [0.3, 0.4) is 0 Å². The molecule has 0 fully saturated rings. The zero-order valence-corrected chi connectivity index (χ0v) is 13.6. The normalized spacial score (nSPS) is 13.2. The van der Waals surface area contributed by atoms with Crippen LogP contribution in [0.15, 0.2) is 46.7 Å². The molecule has 0 aliphatic heterocycles. The lowest BCUT2D eigenvalue weighted by molar-refractivity contribution is 0.574. The zero-order chi connectivity index (χ0) is 15.3. The fraction of sp³-hybridized carbons (Fsp3) is 0.333. The van der Waals surface area contributed by atoms with Gasteiger partial charge >= 0.3 is 0 Å². The van der Waals surface area contributed by atoms with Gasteiger partial charge in [0.2, 0.25) is 10.0 Å². The molecule has 0 aliphatic rings. The molecule has 0 spiro atoms. The highest BCUT2D eigenvalue weighted by Crippen LogP contribution is 2.22. The first kappa shape index (κ1) is 16.2. The Kier molecular flexibility index (Phi) is 5.52. The number of thiophene rings is 1. The quantitative estimate of drug-likeness (QED) is 0.822. The van der Waals surface area contributed by atoms with Crippen molar-refractivity contribution < 1.29 is 8.42 Å². The van der Waals surface area contributed by atoms with Crippen molar-refractivity contribution in [3.8, 4) is 0 Å². The average Bonchev–Trinajstić information content (AvgIpc) is 2.98. The fourth-order valence-corrected chi connectivity index (χ4v) is 4.37. The van der Waals surface area contributed by atoms with E-state index in [4.69, 9.17) is 5.73 Å². The van der Waals surface area contributed by atoms with Crippen molar-refractivity contribution in [1.82, 2.24) is 4.72 Å².